The molecule has 1 N–H and O–H groups in total. The van der Waals surface area contributed by atoms with Crippen molar-refractivity contribution in [3.63, 3.8) is 0 Å². The van der Waals surface area contributed by atoms with E-state index in [9.17, 15) is 9.59 Å². The molecule has 0 aliphatic carbocycles. The van der Waals surface area contributed by atoms with Crippen molar-refractivity contribution in [3.8, 4) is 11.4 Å². The summed E-state index contributed by atoms with van der Waals surface area (Å²) in [6.45, 7) is 5.34. The number of aromatic nitrogens is 4. The number of piperazine rings is 1. The lowest BCUT2D eigenvalue weighted by Crippen LogP contribution is -2.48. The lowest BCUT2D eigenvalue weighted by Gasteiger charge is -2.34. The maximum atomic E-state index is 12.7. The number of nitrogens with zero attached hydrogens (tertiary/aromatic N) is 5. The molecule has 1 saturated heterocycles. The normalized spacial score (nSPS) is 14.6. The second kappa shape index (κ2) is 9.56. The molecule has 3 heterocycles. The second-order valence-corrected chi connectivity index (χ2v) is 8.56. The first-order valence-electron chi connectivity index (χ1n) is 11.4. The van der Waals surface area contributed by atoms with E-state index in [-0.39, 0.29) is 11.5 Å². The average molecular weight is 459 g/mol. The van der Waals surface area contributed by atoms with Crippen LogP contribution in [-0.2, 0) is 17.8 Å². The van der Waals surface area contributed by atoms with E-state index < -0.39 is 0 Å². The maximum Gasteiger partial charge on any atom is 0.258 e. The highest BCUT2D eigenvalue weighted by atomic mass is 16.5. The molecule has 2 aromatic carbocycles. The number of rotatable bonds is 6. The Morgan fingerprint density at radius 1 is 1.03 bits per heavy atom. The molecular formula is C25H26N6O3. The fourth-order valence-corrected chi connectivity index (χ4v) is 4.12. The molecule has 34 heavy (non-hydrogen) atoms. The van der Waals surface area contributed by atoms with Gasteiger partial charge in [-0.3, -0.25) is 14.5 Å². The van der Waals surface area contributed by atoms with Crippen molar-refractivity contribution >= 4 is 16.8 Å². The number of benzene rings is 2. The lowest BCUT2D eigenvalue weighted by molar-refractivity contribution is -0.133. The topological polar surface area (TPSA) is 108 Å². The van der Waals surface area contributed by atoms with E-state index in [0.717, 1.165) is 18.7 Å². The monoisotopic (exact) mass is 458 g/mol. The predicted octanol–water partition coefficient (Wildman–Crippen LogP) is 2.56. The van der Waals surface area contributed by atoms with Crippen LogP contribution in [-0.4, -0.2) is 62.0 Å². The molecular weight excluding hydrogens is 432 g/mol. The average Bonchev–Trinajstić information content (AvgIpc) is 3.32. The highest BCUT2D eigenvalue weighted by Gasteiger charge is 2.23. The van der Waals surface area contributed by atoms with Gasteiger partial charge in [0.15, 0.2) is 0 Å². The summed E-state index contributed by atoms with van der Waals surface area (Å²) in [4.78, 5) is 40.8. The van der Waals surface area contributed by atoms with Crippen LogP contribution >= 0.6 is 0 Å². The molecule has 1 amide bonds. The van der Waals surface area contributed by atoms with Crippen molar-refractivity contribution in [2.75, 3.05) is 26.2 Å². The van der Waals surface area contributed by atoms with Crippen LogP contribution < -0.4 is 5.56 Å². The highest BCUT2D eigenvalue weighted by molar-refractivity contribution is 5.78. The van der Waals surface area contributed by atoms with Gasteiger partial charge in [-0.05, 0) is 19.1 Å². The number of hydrogen-bond acceptors (Lipinski definition) is 7. The Morgan fingerprint density at radius 3 is 2.59 bits per heavy atom. The number of hydrogen-bond donors (Lipinski definition) is 1. The SMILES string of the molecule is Cc1ccc(-c2noc(CN3CCN(C(=O)CCc4nc5ccccc5c(=O)[nH]4)CC3)n2)cc1. The van der Waals surface area contributed by atoms with Crippen LogP contribution in [0, 0.1) is 6.92 Å². The Kier molecular flexibility index (Phi) is 6.18. The molecule has 5 rings (SSSR count). The van der Waals surface area contributed by atoms with Gasteiger partial charge in [-0.1, -0.05) is 47.1 Å². The minimum absolute atomic E-state index is 0.0647. The number of carbonyl (C=O) groups excluding carboxylic acids is 1. The van der Waals surface area contributed by atoms with E-state index in [1.54, 1.807) is 6.07 Å². The second-order valence-electron chi connectivity index (χ2n) is 8.56. The summed E-state index contributed by atoms with van der Waals surface area (Å²) in [5.41, 5.74) is 2.59. The van der Waals surface area contributed by atoms with Crippen molar-refractivity contribution in [2.24, 2.45) is 0 Å². The van der Waals surface area contributed by atoms with Crippen molar-refractivity contribution in [1.82, 2.24) is 29.9 Å². The van der Waals surface area contributed by atoms with Crippen molar-refractivity contribution in [3.05, 3.63) is 76.2 Å². The molecule has 9 heteroatoms. The molecule has 1 fully saturated rings. The van der Waals surface area contributed by atoms with Gasteiger partial charge >= 0.3 is 0 Å². The number of H-pyrrole nitrogens is 1. The Balaban J connectivity index is 1.12. The van der Waals surface area contributed by atoms with Crippen LogP contribution in [0.4, 0.5) is 0 Å². The van der Waals surface area contributed by atoms with Crippen molar-refractivity contribution in [1.29, 1.82) is 0 Å². The molecule has 0 bridgehead atoms. The highest BCUT2D eigenvalue weighted by Crippen LogP contribution is 2.17. The van der Waals surface area contributed by atoms with E-state index in [1.165, 1.54) is 5.56 Å². The number of aromatic amines is 1. The summed E-state index contributed by atoms with van der Waals surface area (Å²) in [6.07, 6.45) is 0.716. The molecule has 0 radical (unpaired) electrons. The molecule has 1 aliphatic rings. The maximum absolute atomic E-state index is 12.7. The van der Waals surface area contributed by atoms with Crippen LogP contribution in [0.25, 0.3) is 22.3 Å². The third-order valence-electron chi connectivity index (χ3n) is 6.10. The van der Waals surface area contributed by atoms with Crippen LogP contribution in [0.3, 0.4) is 0 Å². The predicted molar refractivity (Wildman–Crippen MR) is 127 cm³/mol. The molecule has 4 aromatic rings. The third-order valence-corrected chi connectivity index (χ3v) is 6.10. The van der Waals surface area contributed by atoms with E-state index in [2.05, 4.69) is 25.0 Å². The Morgan fingerprint density at radius 2 is 1.79 bits per heavy atom. The van der Waals surface area contributed by atoms with Gasteiger partial charge in [0, 0.05) is 44.6 Å². The van der Waals surface area contributed by atoms with Crippen molar-refractivity contribution < 1.29 is 9.32 Å². The minimum atomic E-state index is -0.173. The molecule has 174 valence electrons. The fraction of sp³-hybridized carbons (Fsp3) is 0.320. The zero-order chi connectivity index (χ0) is 23.5. The molecule has 2 aromatic heterocycles. The van der Waals surface area contributed by atoms with Crippen LogP contribution in [0.1, 0.15) is 23.7 Å². The van der Waals surface area contributed by atoms with E-state index in [0.29, 0.717) is 60.9 Å². The first kappa shape index (κ1) is 22.0. The number of nitrogens with one attached hydrogen (secondary N) is 1. The fourth-order valence-electron chi connectivity index (χ4n) is 4.12. The number of aryl methyl sites for hydroxylation is 2. The molecule has 1 aliphatic heterocycles. The largest absolute Gasteiger partial charge is 0.340 e. The lowest BCUT2D eigenvalue weighted by atomic mass is 10.1. The molecule has 0 saturated carbocycles. The van der Waals surface area contributed by atoms with Gasteiger partial charge in [0.1, 0.15) is 5.82 Å². The number of amides is 1. The summed E-state index contributed by atoms with van der Waals surface area (Å²) < 4.78 is 5.43. The molecule has 0 spiro atoms. The van der Waals surface area contributed by atoms with E-state index >= 15 is 0 Å². The molecule has 9 nitrogen and oxygen atoms in total. The zero-order valence-corrected chi connectivity index (χ0v) is 19.0. The number of carbonyl (C=O) groups is 1. The first-order chi connectivity index (χ1) is 16.5. The Bertz CT molecular complexity index is 1350. The summed E-state index contributed by atoms with van der Waals surface area (Å²) in [5.74, 6) is 1.76. The number of fused-ring (bicyclic) bond motifs is 1. The molecule has 0 unspecified atom stereocenters. The van der Waals surface area contributed by atoms with Gasteiger partial charge in [-0.15, -0.1) is 0 Å². The third kappa shape index (κ3) is 4.89. The van der Waals surface area contributed by atoms with Crippen molar-refractivity contribution in [2.45, 2.75) is 26.3 Å². The van der Waals surface area contributed by atoms with Crippen LogP contribution in [0.5, 0.6) is 0 Å². The van der Waals surface area contributed by atoms with Gasteiger partial charge in [0.2, 0.25) is 17.6 Å². The first-order valence-corrected chi connectivity index (χ1v) is 11.4. The van der Waals surface area contributed by atoms with Gasteiger partial charge in [-0.25, -0.2) is 4.98 Å². The molecule has 0 atom stereocenters. The Labute approximate surface area is 196 Å². The zero-order valence-electron chi connectivity index (χ0n) is 19.0. The Hall–Kier alpha value is -3.85. The van der Waals surface area contributed by atoms with Gasteiger partial charge < -0.3 is 14.4 Å². The quantitative estimate of drug-likeness (QED) is 0.473. The van der Waals surface area contributed by atoms with Crippen LogP contribution in [0.2, 0.25) is 0 Å². The summed E-state index contributed by atoms with van der Waals surface area (Å²) in [5, 5.41) is 4.65. The summed E-state index contributed by atoms with van der Waals surface area (Å²) in [6, 6.07) is 15.2. The van der Waals surface area contributed by atoms with E-state index in [4.69, 9.17) is 4.52 Å². The van der Waals surface area contributed by atoms with Gasteiger partial charge in [0.05, 0.1) is 17.4 Å². The van der Waals surface area contributed by atoms with E-state index in [1.807, 2.05) is 54.3 Å². The summed E-state index contributed by atoms with van der Waals surface area (Å²) in [7, 11) is 0. The van der Waals surface area contributed by atoms with Gasteiger partial charge in [-0.2, -0.15) is 4.98 Å². The number of para-hydroxylation sites is 1. The van der Waals surface area contributed by atoms with Gasteiger partial charge in [0.25, 0.3) is 5.56 Å². The smallest absolute Gasteiger partial charge is 0.258 e. The van der Waals surface area contributed by atoms with Crippen LogP contribution in [0.15, 0.2) is 57.8 Å². The minimum Gasteiger partial charge on any atom is -0.340 e. The summed E-state index contributed by atoms with van der Waals surface area (Å²) >= 11 is 0. The standard InChI is InChI=1S/C25H26N6O3/c1-17-6-8-18(9-7-17)24-28-22(34-29-24)16-30-12-14-31(15-13-30)23(32)11-10-21-26-20-5-3-2-4-19(20)25(33)27-21/h2-9H,10-16H2,1H3,(H,26,27,33).